The Labute approximate surface area is 128 Å². The summed E-state index contributed by atoms with van der Waals surface area (Å²) in [6.45, 7) is 4.09. The second kappa shape index (κ2) is 5.01. The van der Waals surface area contributed by atoms with Gasteiger partial charge < -0.3 is 0 Å². The summed E-state index contributed by atoms with van der Waals surface area (Å²) in [5, 5.41) is 3.01. The first-order chi connectivity index (χ1) is 10.4. The van der Waals surface area contributed by atoms with Gasteiger partial charge in [-0.2, -0.15) is 0 Å². The molecule has 0 aliphatic heterocycles. The fraction of sp³-hybridized carbons (Fsp3) is 0.100. The summed E-state index contributed by atoms with van der Waals surface area (Å²) in [6.07, 6.45) is 9.88. The van der Waals surface area contributed by atoms with Crippen LogP contribution in [-0.2, 0) is 0 Å². The highest BCUT2D eigenvalue weighted by Gasteiger charge is 2.28. The van der Waals surface area contributed by atoms with E-state index >= 15 is 0 Å². The summed E-state index contributed by atoms with van der Waals surface area (Å²) in [4.78, 5) is 0. The lowest BCUT2D eigenvalue weighted by Crippen LogP contribution is -2.22. The van der Waals surface area contributed by atoms with E-state index in [1.54, 1.807) is 0 Å². The molecule has 0 amide bonds. The van der Waals surface area contributed by atoms with Gasteiger partial charge in [-0.1, -0.05) is 77.2 Å². The van der Waals surface area contributed by atoms with Crippen molar-refractivity contribution in [2.24, 2.45) is 0 Å². The van der Waals surface area contributed by atoms with E-state index < -0.39 is 0 Å². The molecule has 1 atom stereocenters. The van der Waals surface area contributed by atoms with Gasteiger partial charge in [0.1, 0.15) is 9.52 Å². The second-order valence-corrected chi connectivity index (χ2v) is 6.95. The maximum atomic E-state index is 4.09. The Morgan fingerprint density at radius 2 is 1.90 bits per heavy atom. The van der Waals surface area contributed by atoms with Crippen LogP contribution in [0, 0.1) is 0 Å². The topological polar surface area (TPSA) is 0 Å². The van der Waals surface area contributed by atoms with E-state index in [0.717, 1.165) is 15.9 Å². The minimum Gasteiger partial charge on any atom is -0.102 e. The molecule has 1 unspecified atom stereocenters. The van der Waals surface area contributed by atoms with Crippen LogP contribution in [-0.4, -0.2) is 9.52 Å². The number of benzene rings is 2. The minimum atomic E-state index is 0.342. The van der Waals surface area contributed by atoms with E-state index in [4.69, 9.17) is 0 Å². The van der Waals surface area contributed by atoms with Crippen molar-refractivity contribution in [2.75, 3.05) is 0 Å². The zero-order valence-corrected chi connectivity index (χ0v) is 12.8. The SMILES string of the molecule is C=CC1c2ccccc2-c2cccc([Si]C3=CC=CC3)c21. The number of rotatable bonds is 3. The zero-order valence-electron chi connectivity index (χ0n) is 11.8. The van der Waals surface area contributed by atoms with Crippen LogP contribution < -0.4 is 5.19 Å². The molecule has 0 heterocycles. The van der Waals surface area contributed by atoms with Gasteiger partial charge in [-0.15, -0.1) is 6.58 Å². The molecular formula is C20H16Si. The molecule has 4 rings (SSSR count). The van der Waals surface area contributed by atoms with Crippen molar-refractivity contribution < 1.29 is 0 Å². The van der Waals surface area contributed by atoms with Gasteiger partial charge in [0.2, 0.25) is 0 Å². The summed E-state index contributed by atoms with van der Waals surface area (Å²) in [6, 6.07) is 15.5. The molecule has 0 spiro atoms. The number of hydrogen-bond donors (Lipinski definition) is 0. The van der Waals surface area contributed by atoms with Crippen LogP contribution in [0.15, 0.2) is 78.5 Å². The van der Waals surface area contributed by atoms with E-state index in [1.165, 1.54) is 32.6 Å². The lowest BCUT2D eigenvalue weighted by molar-refractivity contribution is 1.08. The molecule has 0 nitrogen and oxygen atoms in total. The molecule has 2 aromatic carbocycles. The summed E-state index contributed by atoms with van der Waals surface area (Å²) >= 11 is 0. The van der Waals surface area contributed by atoms with Gasteiger partial charge in [0.05, 0.1) is 0 Å². The molecule has 0 fully saturated rings. The van der Waals surface area contributed by atoms with Crippen LogP contribution in [0.4, 0.5) is 0 Å². The van der Waals surface area contributed by atoms with Crippen molar-refractivity contribution in [1.29, 1.82) is 0 Å². The largest absolute Gasteiger partial charge is 0.116 e. The van der Waals surface area contributed by atoms with Crippen molar-refractivity contribution in [1.82, 2.24) is 0 Å². The first kappa shape index (κ1) is 12.6. The molecule has 0 saturated carbocycles. The first-order valence-corrected chi connectivity index (χ1v) is 8.36. The van der Waals surface area contributed by atoms with E-state index in [-0.39, 0.29) is 0 Å². The molecule has 1 heteroatoms. The molecule has 100 valence electrons. The van der Waals surface area contributed by atoms with Crippen molar-refractivity contribution in [3.8, 4) is 11.1 Å². The van der Waals surface area contributed by atoms with Gasteiger partial charge in [-0.25, -0.2) is 0 Å². The van der Waals surface area contributed by atoms with Crippen LogP contribution in [0.1, 0.15) is 23.5 Å². The summed E-state index contributed by atoms with van der Waals surface area (Å²) in [5.41, 5.74) is 5.65. The highest BCUT2D eigenvalue weighted by molar-refractivity contribution is 6.62. The fourth-order valence-electron chi connectivity index (χ4n) is 3.37. The van der Waals surface area contributed by atoms with Gasteiger partial charge in [0, 0.05) is 5.92 Å². The molecule has 21 heavy (non-hydrogen) atoms. The first-order valence-electron chi connectivity index (χ1n) is 7.36. The molecule has 2 aromatic rings. The number of hydrogen-bond acceptors (Lipinski definition) is 0. The highest BCUT2D eigenvalue weighted by Crippen LogP contribution is 2.44. The summed E-state index contributed by atoms with van der Waals surface area (Å²) in [7, 11) is 0.768. The van der Waals surface area contributed by atoms with Gasteiger partial charge >= 0.3 is 0 Å². The number of fused-ring (bicyclic) bond motifs is 3. The molecular weight excluding hydrogens is 268 g/mol. The van der Waals surface area contributed by atoms with E-state index in [9.17, 15) is 0 Å². The molecule has 0 saturated heterocycles. The average molecular weight is 284 g/mol. The van der Waals surface area contributed by atoms with Crippen molar-refractivity contribution in [3.05, 3.63) is 89.7 Å². The smallest absolute Gasteiger partial charge is 0.102 e. The Morgan fingerprint density at radius 1 is 1.05 bits per heavy atom. The maximum Gasteiger partial charge on any atom is 0.116 e. The average Bonchev–Trinajstić information content (AvgIpc) is 3.13. The molecule has 0 aromatic heterocycles. The second-order valence-electron chi connectivity index (χ2n) is 5.52. The molecule has 0 N–H and O–H groups in total. The van der Waals surface area contributed by atoms with E-state index in [0.29, 0.717) is 5.92 Å². The Balaban J connectivity index is 1.85. The highest BCUT2D eigenvalue weighted by atomic mass is 28.2. The molecule has 2 radical (unpaired) electrons. The third-order valence-electron chi connectivity index (χ3n) is 4.31. The maximum absolute atomic E-state index is 4.09. The minimum absolute atomic E-state index is 0.342. The summed E-state index contributed by atoms with van der Waals surface area (Å²) in [5.74, 6) is 0.342. The standard InChI is InChI=1S/C20H16Si/c1-2-15-16-10-5-6-11-17(16)18-12-7-13-19(20(15)18)21-14-8-3-4-9-14/h2-8,10-13,15H,1,9H2. The predicted molar refractivity (Wildman–Crippen MR) is 91.1 cm³/mol. The third-order valence-corrected chi connectivity index (χ3v) is 5.70. The fourth-order valence-corrected chi connectivity index (χ4v) is 4.72. The Bertz CT molecular complexity index is 780. The van der Waals surface area contributed by atoms with Gasteiger partial charge in [-0.05, 0) is 28.7 Å². The van der Waals surface area contributed by atoms with E-state index in [2.05, 4.69) is 73.3 Å². The molecule has 2 aliphatic carbocycles. The van der Waals surface area contributed by atoms with Crippen molar-refractivity contribution in [3.63, 3.8) is 0 Å². The van der Waals surface area contributed by atoms with Gasteiger partial charge in [0.15, 0.2) is 0 Å². The van der Waals surface area contributed by atoms with Crippen LogP contribution in [0.5, 0.6) is 0 Å². The Morgan fingerprint density at radius 3 is 2.71 bits per heavy atom. The third kappa shape index (κ3) is 1.97. The normalized spacial score (nSPS) is 18.3. The van der Waals surface area contributed by atoms with Crippen LogP contribution in [0.3, 0.4) is 0 Å². The van der Waals surface area contributed by atoms with Crippen molar-refractivity contribution in [2.45, 2.75) is 12.3 Å². The zero-order chi connectivity index (χ0) is 14.2. The van der Waals surface area contributed by atoms with Crippen LogP contribution in [0.2, 0.25) is 0 Å². The molecule has 0 bridgehead atoms. The Hall–Kier alpha value is -2.12. The van der Waals surface area contributed by atoms with Gasteiger partial charge in [0.25, 0.3) is 0 Å². The quantitative estimate of drug-likeness (QED) is 0.586. The predicted octanol–water partition coefficient (Wildman–Crippen LogP) is 4.16. The molecule has 2 aliphatic rings. The Kier molecular flexibility index (Phi) is 3.01. The lowest BCUT2D eigenvalue weighted by Gasteiger charge is -2.13. The van der Waals surface area contributed by atoms with E-state index in [1.807, 2.05) is 0 Å². The monoisotopic (exact) mass is 284 g/mol. The van der Waals surface area contributed by atoms with Crippen molar-refractivity contribution >= 4 is 14.7 Å². The van der Waals surface area contributed by atoms with Gasteiger partial charge in [-0.3, -0.25) is 0 Å². The lowest BCUT2D eigenvalue weighted by atomic mass is 9.97. The number of allylic oxidation sites excluding steroid dienone is 5. The van der Waals surface area contributed by atoms with Crippen LogP contribution in [0.25, 0.3) is 11.1 Å². The van der Waals surface area contributed by atoms with Crippen LogP contribution >= 0.6 is 0 Å². The summed E-state index contributed by atoms with van der Waals surface area (Å²) < 4.78 is 0.